The number of hydrogen-bond acceptors (Lipinski definition) is 4. The number of nitrogens with two attached hydrogens (primary N) is 1. The van der Waals surface area contributed by atoms with Crippen LogP contribution in [0.3, 0.4) is 0 Å². The molecule has 0 bridgehead atoms. The number of aromatic amines is 2. The van der Waals surface area contributed by atoms with E-state index in [1.807, 2.05) is 36.7 Å². The fourth-order valence-electron chi connectivity index (χ4n) is 4.01. The van der Waals surface area contributed by atoms with Crippen molar-refractivity contribution in [1.29, 1.82) is 0 Å². The van der Waals surface area contributed by atoms with E-state index in [1.165, 1.54) is 10.9 Å². The minimum Gasteiger partial charge on any atom is -0.490 e. The Kier molecular flexibility index (Phi) is 5.14. The van der Waals surface area contributed by atoms with Crippen LogP contribution in [-0.4, -0.2) is 32.8 Å². The molecule has 0 unspecified atom stereocenters. The summed E-state index contributed by atoms with van der Waals surface area (Å²) in [5.74, 6) is 0.717. The number of pyridine rings is 1. The summed E-state index contributed by atoms with van der Waals surface area (Å²) in [6, 6.07) is 16.4. The summed E-state index contributed by atoms with van der Waals surface area (Å²) in [4.78, 5) is 7.67. The van der Waals surface area contributed by atoms with Crippen molar-refractivity contribution in [3.63, 3.8) is 0 Å². The van der Waals surface area contributed by atoms with Gasteiger partial charge in [0.2, 0.25) is 0 Å². The number of benzene rings is 2. The van der Waals surface area contributed by atoms with Crippen LogP contribution >= 0.6 is 0 Å². The molecule has 2 aromatic carbocycles. The maximum atomic E-state index is 6.37. The quantitative estimate of drug-likeness (QED) is 0.364. The topological polar surface area (TPSA) is 92.6 Å². The van der Waals surface area contributed by atoms with Gasteiger partial charge in [-0.15, -0.1) is 0 Å². The molecule has 3 aromatic heterocycles. The van der Waals surface area contributed by atoms with E-state index in [4.69, 9.17) is 10.5 Å². The lowest BCUT2D eigenvalue weighted by atomic mass is 10.0. The molecule has 1 atom stereocenters. The summed E-state index contributed by atoms with van der Waals surface area (Å²) in [7, 11) is 0. The number of ether oxygens (including phenoxy) is 1. The fourth-order valence-corrected chi connectivity index (χ4v) is 4.01. The van der Waals surface area contributed by atoms with E-state index in [-0.39, 0.29) is 6.04 Å². The molecule has 0 spiro atoms. The first-order valence-electron chi connectivity index (χ1n) is 10.6. The Morgan fingerprint density at radius 3 is 2.84 bits per heavy atom. The molecule has 4 N–H and O–H groups in total. The van der Waals surface area contributed by atoms with Crippen LogP contribution in [0.5, 0.6) is 5.75 Å². The van der Waals surface area contributed by atoms with Crippen LogP contribution in [0, 0.1) is 0 Å². The van der Waals surface area contributed by atoms with Crippen LogP contribution < -0.4 is 10.5 Å². The zero-order valence-corrected chi connectivity index (χ0v) is 17.4. The number of aryl methyl sites for hydroxylation is 1. The van der Waals surface area contributed by atoms with Crippen LogP contribution in [0.25, 0.3) is 32.9 Å². The first kappa shape index (κ1) is 19.3. The van der Waals surface area contributed by atoms with E-state index >= 15 is 0 Å². The predicted molar refractivity (Wildman–Crippen MR) is 124 cm³/mol. The zero-order valence-electron chi connectivity index (χ0n) is 17.4. The van der Waals surface area contributed by atoms with Gasteiger partial charge in [-0.1, -0.05) is 31.2 Å². The summed E-state index contributed by atoms with van der Waals surface area (Å²) in [6.07, 6.45) is 7.27. The van der Waals surface area contributed by atoms with Gasteiger partial charge in [0.25, 0.3) is 0 Å². The molecule has 0 aliphatic heterocycles. The molecule has 0 radical (unpaired) electrons. The highest BCUT2D eigenvalue weighted by Gasteiger charge is 2.11. The second-order valence-corrected chi connectivity index (χ2v) is 7.83. The molecule has 0 aliphatic rings. The highest BCUT2D eigenvalue weighted by molar-refractivity contribution is 5.86. The van der Waals surface area contributed by atoms with E-state index in [1.54, 1.807) is 6.20 Å². The zero-order chi connectivity index (χ0) is 21.2. The van der Waals surface area contributed by atoms with Gasteiger partial charge in [-0.05, 0) is 48.2 Å². The van der Waals surface area contributed by atoms with Crippen molar-refractivity contribution in [2.45, 2.75) is 25.8 Å². The van der Waals surface area contributed by atoms with Crippen molar-refractivity contribution in [3.05, 3.63) is 78.4 Å². The number of nitrogens with one attached hydrogen (secondary N) is 2. The van der Waals surface area contributed by atoms with Gasteiger partial charge >= 0.3 is 0 Å². The largest absolute Gasteiger partial charge is 0.490 e. The summed E-state index contributed by atoms with van der Waals surface area (Å²) in [6.45, 7) is 2.54. The molecule has 0 saturated heterocycles. The number of para-hydroxylation sites is 1. The molecular formula is C25H25N5O. The maximum Gasteiger partial charge on any atom is 0.138 e. The molecule has 5 rings (SSSR count). The van der Waals surface area contributed by atoms with Crippen LogP contribution in [0.1, 0.15) is 18.2 Å². The third-order valence-electron chi connectivity index (χ3n) is 5.65. The summed E-state index contributed by atoms with van der Waals surface area (Å²) >= 11 is 0. The molecule has 0 amide bonds. The van der Waals surface area contributed by atoms with E-state index in [2.05, 4.69) is 51.4 Å². The molecule has 5 aromatic rings. The number of aromatic nitrogens is 4. The molecule has 3 heterocycles. The van der Waals surface area contributed by atoms with E-state index in [0.717, 1.165) is 51.8 Å². The van der Waals surface area contributed by atoms with Crippen molar-refractivity contribution >= 4 is 21.8 Å². The van der Waals surface area contributed by atoms with Gasteiger partial charge in [0.1, 0.15) is 12.4 Å². The van der Waals surface area contributed by atoms with Crippen LogP contribution in [0.4, 0.5) is 0 Å². The van der Waals surface area contributed by atoms with Gasteiger partial charge in [0.05, 0.1) is 11.7 Å². The molecule has 6 heteroatoms. The van der Waals surface area contributed by atoms with Crippen LogP contribution in [0.15, 0.2) is 67.1 Å². The van der Waals surface area contributed by atoms with E-state index < -0.39 is 0 Å². The average molecular weight is 412 g/mol. The standard InChI is InChI=1S/C25H25N5O/c1-2-23-22-11-16(7-8-25(22)30-29-23)17-10-20(14-27-12-17)31-15-19(26)9-18-13-28-24-6-4-3-5-21(18)24/h3-8,10-14,19,28H,2,9,15,26H2,1H3,(H,29,30)/t19-/m0/s1. The Hall–Kier alpha value is -3.64. The lowest BCUT2D eigenvalue weighted by Gasteiger charge is -2.13. The number of H-pyrrole nitrogens is 2. The van der Waals surface area contributed by atoms with E-state index in [9.17, 15) is 0 Å². The molecule has 0 fully saturated rings. The average Bonchev–Trinajstić information content (AvgIpc) is 3.41. The Labute approximate surface area is 180 Å². The fraction of sp³-hybridized carbons (Fsp3) is 0.200. The van der Waals surface area contributed by atoms with Crippen molar-refractivity contribution in [2.75, 3.05) is 6.61 Å². The Bertz CT molecular complexity index is 1340. The number of hydrogen-bond donors (Lipinski definition) is 3. The van der Waals surface area contributed by atoms with Crippen molar-refractivity contribution in [2.24, 2.45) is 5.73 Å². The molecule has 0 saturated carbocycles. The van der Waals surface area contributed by atoms with Crippen molar-refractivity contribution in [3.8, 4) is 16.9 Å². The second kappa shape index (κ2) is 8.24. The highest BCUT2D eigenvalue weighted by atomic mass is 16.5. The Morgan fingerprint density at radius 2 is 1.94 bits per heavy atom. The number of rotatable bonds is 7. The molecule has 0 aliphatic carbocycles. The van der Waals surface area contributed by atoms with E-state index in [0.29, 0.717) is 6.61 Å². The predicted octanol–water partition coefficient (Wildman–Crippen LogP) is 4.62. The summed E-state index contributed by atoms with van der Waals surface area (Å²) < 4.78 is 5.99. The van der Waals surface area contributed by atoms with Gasteiger partial charge in [0, 0.05) is 46.0 Å². The normalized spacial score (nSPS) is 12.5. The Morgan fingerprint density at radius 1 is 1.03 bits per heavy atom. The summed E-state index contributed by atoms with van der Waals surface area (Å²) in [5, 5.41) is 9.82. The minimum absolute atomic E-state index is 0.114. The summed E-state index contributed by atoms with van der Waals surface area (Å²) in [5.41, 5.74) is 12.9. The van der Waals surface area contributed by atoms with Gasteiger partial charge in [0.15, 0.2) is 0 Å². The van der Waals surface area contributed by atoms with Gasteiger partial charge in [-0.2, -0.15) is 5.10 Å². The first-order chi connectivity index (χ1) is 15.2. The first-order valence-corrected chi connectivity index (χ1v) is 10.6. The monoisotopic (exact) mass is 411 g/mol. The lowest BCUT2D eigenvalue weighted by Crippen LogP contribution is -2.30. The van der Waals surface area contributed by atoms with Gasteiger partial charge < -0.3 is 15.5 Å². The second-order valence-electron chi connectivity index (χ2n) is 7.83. The number of nitrogens with zero attached hydrogens (tertiary/aromatic N) is 2. The highest BCUT2D eigenvalue weighted by Crippen LogP contribution is 2.27. The molecule has 31 heavy (non-hydrogen) atoms. The van der Waals surface area contributed by atoms with Crippen molar-refractivity contribution < 1.29 is 4.74 Å². The molecular weight excluding hydrogens is 386 g/mol. The minimum atomic E-state index is -0.114. The van der Waals surface area contributed by atoms with Gasteiger partial charge in [-0.3, -0.25) is 10.1 Å². The maximum absolute atomic E-state index is 6.37. The lowest BCUT2D eigenvalue weighted by molar-refractivity contribution is 0.287. The number of fused-ring (bicyclic) bond motifs is 2. The molecule has 156 valence electrons. The van der Waals surface area contributed by atoms with Crippen LogP contribution in [-0.2, 0) is 12.8 Å². The third kappa shape index (κ3) is 3.90. The SMILES string of the molecule is CCc1[nH]nc2ccc(-c3cncc(OC[C@@H](N)Cc4c[nH]c5ccccc45)c3)cc12. The smallest absolute Gasteiger partial charge is 0.138 e. The third-order valence-corrected chi connectivity index (χ3v) is 5.65. The molecule has 6 nitrogen and oxygen atoms in total. The van der Waals surface area contributed by atoms with Crippen molar-refractivity contribution in [1.82, 2.24) is 20.2 Å². The Balaban J connectivity index is 1.29. The van der Waals surface area contributed by atoms with Crippen LogP contribution in [0.2, 0.25) is 0 Å². The van der Waals surface area contributed by atoms with Gasteiger partial charge in [-0.25, -0.2) is 0 Å².